The summed E-state index contributed by atoms with van der Waals surface area (Å²) in [5.41, 5.74) is 5.56. The van der Waals surface area contributed by atoms with Crippen LogP contribution in [0.5, 0.6) is 0 Å². The van der Waals surface area contributed by atoms with Gasteiger partial charge in [-0.15, -0.1) is 0 Å². The van der Waals surface area contributed by atoms with Crippen LogP contribution < -0.4 is 4.90 Å². The van der Waals surface area contributed by atoms with Crippen molar-refractivity contribution in [3.63, 3.8) is 0 Å². The highest BCUT2D eigenvalue weighted by Crippen LogP contribution is 2.20. The van der Waals surface area contributed by atoms with Gasteiger partial charge in [-0.2, -0.15) is 0 Å². The van der Waals surface area contributed by atoms with E-state index in [9.17, 15) is 0 Å². The molecule has 0 atom stereocenters. The molecule has 0 saturated carbocycles. The molecule has 0 bridgehead atoms. The molecular weight excluding hydrogens is 268 g/mol. The van der Waals surface area contributed by atoms with Crippen LogP contribution in [-0.4, -0.2) is 37.6 Å². The fourth-order valence-electron chi connectivity index (χ4n) is 3.18. The third-order valence-corrected chi connectivity index (χ3v) is 4.78. The van der Waals surface area contributed by atoms with Crippen molar-refractivity contribution in [2.24, 2.45) is 0 Å². The number of likely N-dealkylation sites (N-methyl/N-ethyl adjacent to an activating group) is 1. The average Bonchev–Trinajstić information content (AvgIpc) is 2.58. The molecule has 2 aromatic carbocycles. The van der Waals surface area contributed by atoms with E-state index in [0.717, 1.165) is 19.5 Å². The summed E-state index contributed by atoms with van der Waals surface area (Å²) in [5, 5.41) is 0. The van der Waals surface area contributed by atoms with Crippen molar-refractivity contribution in [2.75, 3.05) is 37.6 Å². The van der Waals surface area contributed by atoms with Gasteiger partial charge in [0.1, 0.15) is 0 Å². The normalized spacial score (nSPS) is 16.0. The summed E-state index contributed by atoms with van der Waals surface area (Å²) in [5.74, 6) is 0. The Bertz CT molecular complexity index is 595. The van der Waals surface area contributed by atoms with E-state index in [1.165, 1.54) is 42.0 Å². The van der Waals surface area contributed by atoms with E-state index in [4.69, 9.17) is 0 Å². The number of rotatable bonds is 4. The van der Waals surface area contributed by atoms with Gasteiger partial charge in [0.25, 0.3) is 0 Å². The van der Waals surface area contributed by atoms with Gasteiger partial charge in [-0.3, -0.25) is 0 Å². The Morgan fingerprint density at radius 3 is 2.18 bits per heavy atom. The van der Waals surface area contributed by atoms with E-state index in [0.29, 0.717) is 0 Å². The van der Waals surface area contributed by atoms with Crippen molar-refractivity contribution in [3.8, 4) is 0 Å². The Morgan fingerprint density at radius 2 is 1.55 bits per heavy atom. The van der Waals surface area contributed by atoms with Gasteiger partial charge in [-0.25, -0.2) is 0 Å². The minimum Gasteiger partial charge on any atom is -0.369 e. The molecule has 0 radical (unpaired) electrons. The monoisotopic (exact) mass is 294 g/mol. The number of anilines is 1. The second kappa shape index (κ2) is 6.97. The number of hydrogen-bond donors (Lipinski definition) is 0. The Hall–Kier alpha value is -1.80. The molecule has 2 nitrogen and oxygen atoms in total. The predicted molar refractivity (Wildman–Crippen MR) is 94.8 cm³/mol. The molecule has 2 aromatic rings. The summed E-state index contributed by atoms with van der Waals surface area (Å²) in [7, 11) is 0. The second-order valence-corrected chi connectivity index (χ2v) is 6.19. The molecule has 0 unspecified atom stereocenters. The summed E-state index contributed by atoms with van der Waals surface area (Å²) in [6.45, 7) is 10.3. The molecule has 0 aromatic heterocycles. The minimum absolute atomic E-state index is 1.02. The lowest BCUT2D eigenvalue weighted by Crippen LogP contribution is -2.46. The largest absolute Gasteiger partial charge is 0.369 e. The van der Waals surface area contributed by atoms with Gasteiger partial charge in [0.2, 0.25) is 0 Å². The van der Waals surface area contributed by atoms with Crippen LogP contribution in [0.25, 0.3) is 0 Å². The predicted octanol–water partition coefficient (Wildman–Crippen LogP) is 3.73. The zero-order valence-electron chi connectivity index (χ0n) is 13.8. The van der Waals surface area contributed by atoms with Gasteiger partial charge in [-0.05, 0) is 48.7 Å². The number of hydrogen-bond acceptors (Lipinski definition) is 2. The van der Waals surface area contributed by atoms with Crippen LogP contribution in [-0.2, 0) is 6.42 Å². The quantitative estimate of drug-likeness (QED) is 0.848. The zero-order valence-corrected chi connectivity index (χ0v) is 13.8. The van der Waals surface area contributed by atoms with Crippen LogP contribution in [0.2, 0.25) is 0 Å². The third-order valence-electron chi connectivity index (χ3n) is 4.78. The Morgan fingerprint density at radius 1 is 0.864 bits per heavy atom. The Labute approximate surface area is 134 Å². The maximum absolute atomic E-state index is 2.52. The zero-order chi connectivity index (χ0) is 15.4. The Balaban J connectivity index is 1.65. The summed E-state index contributed by atoms with van der Waals surface area (Å²) in [6.07, 6.45) is 1.02. The van der Waals surface area contributed by atoms with Crippen molar-refractivity contribution in [3.05, 3.63) is 65.2 Å². The van der Waals surface area contributed by atoms with Gasteiger partial charge in [0.15, 0.2) is 0 Å². The topological polar surface area (TPSA) is 6.48 Å². The number of nitrogens with zero attached hydrogens (tertiary/aromatic N) is 2. The van der Waals surface area contributed by atoms with E-state index < -0.39 is 0 Å². The maximum atomic E-state index is 2.52. The first-order valence-electron chi connectivity index (χ1n) is 8.37. The second-order valence-electron chi connectivity index (χ2n) is 6.19. The fourth-order valence-corrected chi connectivity index (χ4v) is 3.18. The van der Waals surface area contributed by atoms with Crippen molar-refractivity contribution < 1.29 is 0 Å². The summed E-state index contributed by atoms with van der Waals surface area (Å²) < 4.78 is 0. The molecule has 1 fully saturated rings. The standard InChI is InChI=1S/C20H26N2/c1-3-21-12-14-22(15-13-21)20-10-8-18(9-11-20)16-19-7-5-4-6-17(19)2/h4-11H,3,12-16H2,1-2H3. The lowest BCUT2D eigenvalue weighted by molar-refractivity contribution is 0.271. The van der Waals surface area contributed by atoms with Crippen LogP contribution in [0.4, 0.5) is 5.69 Å². The number of benzene rings is 2. The van der Waals surface area contributed by atoms with Crippen LogP contribution in [0.15, 0.2) is 48.5 Å². The first-order chi connectivity index (χ1) is 10.8. The fraction of sp³-hybridized carbons (Fsp3) is 0.400. The first kappa shape index (κ1) is 15.1. The number of aryl methyl sites for hydroxylation is 1. The smallest absolute Gasteiger partial charge is 0.0367 e. The third kappa shape index (κ3) is 3.50. The highest BCUT2D eigenvalue weighted by molar-refractivity contribution is 5.49. The molecule has 1 aliphatic heterocycles. The highest BCUT2D eigenvalue weighted by atomic mass is 15.3. The van der Waals surface area contributed by atoms with E-state index in [-0.39, 0.29) is 0 Å². The van der Waals surface area contributed by atoms with Crippen LogP contribution in [0.1, 0.15) is 23.6 Å². The average molecular weight is 294 g/mol. The van der Waals surface area contributed by atoms with Crippen LogP contribution in [0, 0.1) is 6.92 Å². The molecule has 1 saturated heterocycles. The Kier molecular flexibility index (Phi) is 4.79. The molecule has 2 heteroatoms. The van der Waals surface area contributed by atoms with E-state index in [1.807, 2.05) is 0 Å². The van der Waals surface area contributed by atoms with Crippen LogP contribution in [0.3, 0.4) is 0 Å². The van der Waals surface area contributed by atoms with Crippen molar-refractivity contribution in [2.45, 2.75) is 20.3 Å². The molecule has 1 aliphatic rings. The maximum Gasteiger partial charge on any atom is 0.0367 e. The molecule has 0 spiro atoms. The summed E-state index contributed by atoms with van der Waals surface area (Å²) >= 11 is 0. The van der Waals surface area contributed by atoms with E-state index in [2.05, 4.69) is 72.2 Å². The summed E-state index contributed by atoms with van der Waals surface area (Å²) in [6, 6.07) is 17.8. The number of piperazine rings is 1. The molecule has 116 valence electrons. The lowest BCUT2D eigenvalue weighted by Gasteiger charge is -2.35. The SMILES string of the molecule is CCN1CCN(c2ccc(Cc3ccccc3C)cc2)CC1. The summed E-state index contributed by atoms with van der Waals surface area (Å²) in [4.78, 5) is 5.02. The van der Waals surface area contributed by atoms with Crippen LogP contribution >= 0.6 is 0 Å². The van der Waals surface area contributed by atoms with E-state index >= 15 is 0 Å². The van der Waals surface area contributed by atoms with E-state index in [1.54, 1.807) is 0 Å². The van der Waals surface area contributed by atoms with Gasteiger partial charge < -0.3 is 9.80 Å². The van der Waals surface area contributed by atoms with Gasteiger partial charge in [-0.1, -0.05) is 43.3 Å². The van der Waals surface area contributed by atoms with Gasteiger partial charge in [0, 0.05) is 31.9 Å². The molecule has 3 rings (SSSR count). The molecule has 22 heavy (non-hydrogen) atoms. The molecule has 0 N–H and O–H groups in total. The van der Waals surface area contributed by atoms with Crippen molar-refractivity contribution in [1.82, 2.24) is 4.90 Å². The van der Waals surface area contributed by atoms with Crippen molar-refractivity contribution in [1.29, 1.82) is 0 Å². The van der Waals surface area contributed by atoms with Gasteiger partial charge in [0.05, 0.1) is 0 Å². The molecular formula is C20H26N2. The van der Waals surface area contributed by atoms with Gasteiger partial charge >= 0.3 is 0 Å². The molecule has 1 heterocycles. The minimum atomic E-state index is 1.02. The van der Waals surface area contributed by atoms with Crippen molar-refractivity contribution >= 4 is 5.69 Å². The highest BCUT2D eigenvalue weighted by Gasteiger charge is 2.15. The molecule has 0 aliphatic carbocycles. The lowest BCUT2D eigenvalue weighted by atomic mass is 10.0. The molecule has 0 amide bonds. The first-order valence-corrected chi connectivity index (χ1v) is 8.37.